The fourth-order valence-corrected chi connectivity index (χ4v) is 2.03. The fourth-order valence-electron chi connectivity index (χ4n) is 2.03. The Hall–Kier alpha value is -0.300. The van der Waals surface area contributed by atoms with Crippen molar-refractivity contribution in [1.29, 1.82) is 0 Å². The van der Waals surface area contributed by atoms with Gasteiger partial charge in [0.25, 0.3) is 0 Å². The fraction of sp³-hybridized carbons (Fsp3) is 0.333. The van der Waals surface area contributed by atoms with Gasteiger partial charge < -0.3 is 0 Å². The largest absolute Gasteiger partial charge is 0.0614 e. The zero-order chi connectivity index (χ0) is 10.8. The van der Waals surface area contributed by atoms with Gasteiger partial charge in [0.2, 0.25) is 0 Å². The van der Waals surface area contributed by atoms with Gasteiger partial charge in [-0.3, -0.25) is 0 Å². The monoisotopic (exact) mass is 221 g/mol. The van der Waals surface area contributed by atoms with E-state index in [1.54, 1.807) is 0 Å². The van der Waals surface area contributed by atoms with Gasteiger partial charge in [-0.2, -0.15) is 0 Å². The molecule has 0 spiro atoms. The van der Waals surface area contributed by atoms with E-state index in [2.05, 4.69) is 57.2 Å². The molecule has 1 radical (unpaired) electrons. The van der Waals surface area contributed by atoms with Gasteiger partial charge in [-0.25, -0.2) is 0 Å². The second kappa shape index (κ2) is 5.86. The minimum absolute atomic E-state index is 0. The van der Waals surface area contributed by atoms with Crippen LogP contribution in [0.4, 0.5) is 0 Å². The number of aryl methyl sites for hydroxylation is 1. The van der Waals surface area contributed by atoms with Crippen LogP contribution in [0.15, 0.2) is 36.4 Å². The molecule has 0 N–H and O–H groups in total. The molecule has 0 aromatic heterocycles. The number of hydrogen-bond acceptors (Lipinski definition) is 0. The van der Waals surface area contributed by atoms with Gasteiger partial charge in [0.05, 0.1) is 0 Å². The van der Waals surface area contributed by atoms with Crippen LogP contribution in [0.2, 0.25) is 0 Å². The Bertz CT molecular complexity index is 432. The molecule has 0 saturated heterocycles. The van der Waals surface area contributed by atoms with Crippen molar-refractivity contribution in [2.24, 2.45) is 0 Å². The van der Waals surface area contributed by atoms with Crippen molar-refractivity contribution < 1.29 is 0 Å². The standard InChI is InChI=1S/C15H18.Na/c1-4-12-8-9-14-10-13(11(2)3)6-5-7-15(12)14;/h5-11H,4H2,1-3H3;. The molecule has 1 heteroatoms. The van der Waals surface area contributed by atoms with E-state index in [-0.39, 0.29) is 29.6 Å². The van der Waals surface area contributed by atoms with E-state index in [1.807, 2.05) is 0 Å². The zero-order valence-electron chi connectivity index (χ0n) is 10.7. The maximum Gasteiger partial charge on any atom is 0 e. The van der Waals surface area contributed by atoms with Crippen molar-refractivity contribution in [2.45, 2.75) is 33.1 Å². The second-order valence-corrected chi connectivity index (χ2v) is 4.41. The van der Waals surface area contributed by atoms with Gasteiger partial charge in [0.1, 0.15) is 0 Å². The van der Waals surface area contributed by atoms with E-state index in [1.165, 1.54) is 22.3 Å². The summed E-state index contributed by atoms with van der Waals surface area (Å²) < 4.78 is 0. The molecule has 2 aliphatic rings. The normalized spacial score (nSPS) is 10.5. The summed E-state index contributed by atoms with van der Waals surface area (Å²) >= 11 is 0. The summed E-state index contributed by atoms with van der Waals surface area (Å²) in [7, 11) is 0. The third-order valence-electron chi connectivity index (χ3n) is 3.04. The first-order valence-corrected chi connectivity index (χ1v) is 5.74. The molecule has 0 aromatic carbocycles. The van der Waals surface area contributed by atoms with Gasteiger partial charge in [-0.05, 0) is 34.6 Å². The molecule has 0 nitrogen and oxygen atoms in total. The van der Waals surface area contributed by atoms with Crippen LogP contribution in [-0.4, -0.2) is 29.6 Å². The zero-order valence-corrected chi connectivity index (χ0v) is 12.7. The smallest absolute Gasteiger partial charge is 0 e. The third kappa shape index (κ3) is 2.68. The van der Waals surface area contributed by atoms with Crippen molar-refractivity contribution >= 4 is 29.6 Å². The Morgan fingerprint density at radius 3 is 2.44 bits per heavy atom. The van der Waals surface area contributed by atoms with Crippen LogP contribution >= 0.6 is 0 Å². The van der Waals surface area contributed by atoms with Crippen LogP contribution in [0.1, 0.15) is 37.8 Å². The predicted octanol–water partition coefficient (Wildman–Crippen LogP) is 4.10. The predicted molar refractivity (Wildman–Crippen MR) is 72.3 cm³/mol. The molecule has 0 bridgehead atoms. The van der Waals surface area contributed by atoms with E-state index in [4.69, 9.17) is 0 Å². The molecule has 0 heterocycles. The van der Waals surface area contributed by atoms with Crippen LogP contribution in [0.25, 0.3) is 11.1 Å². The van der Waals surface area contributed by atoms with Gasteiger partial charge in [-0.1, -0.05) is 57.2 Å². The molecule has 0 saturated carbocycles. The molecule has 0 unspecified atom stereocenters. The quantitative estimate of drug-likeness (QED) is 0.670. The summed E-state index contributed by atoms with van der Waals surface area (Å²) in [6, 6.07) is 13.4. The SMILES string of the molecule is CCc1ccc2cc(C(C)C)cccc1-2.[Na]. The molecule has 0 aliphatic heterocycles. The molecule has 16 heavy (non-hydrogen) atoms. The minimum atomic E-state index is 0. The topological polar surface area (TPSA) is 0 Å². The average Bonchev–Trinajstić information content (AvgIpc) is 2.46. The second-order valence-electron chi connectivity index (χ2n) is 4.41. The molecule has 2 aliphatic carbocycles. The maximum atomic E-state index is 2.32. The van der Waals surface area contributed by atoms with Gasteiger partial charge in [-0.15, -0.1) is 0 Å². The number of hydrogen-bond donors (Lipinski definition) is 0. The molecule has 0 aromatic rings. The van der Waals surface area contributed by atoms with Crippen molar-refractivity contribution in [2.75, 3.05) is 0 Å². The Balaban J connectivity index is 0.00000128. The Morgan fingerprint density at radius 1 is 1.06 bits per heavy atom. The van der Waals surface area contributed by atoms with Crippen molar-refractivity contribution in [1.82, 2.24) is 0 Å². The summed E-state index contributed by atoms with van der Waals surface area (Å²) in [5.41, 5.74) is 5.65. The average molecular weight is 221 g/mol. The third-order valence-corrected chi connectivity index (χ3v) is 3.04. The summed E-state index contributed by atoms with van der Waals surface area (Å²) in [5, 5.41) is 0. The van der Waals surface area contributed by atoms with Gasteiger partial charge in [0.15, 0.2) is 0 Å². The Morgan fingerprint density at radius 2 is 1.81 bits per heavy atom. The van der Waals surface area contributed by atoms with Crippen LogP contribution in [-0.2, 0) is 6.42 Å². The van der Waals surface area contributed by atoms with E-state index in [0.29, 0.717) is 5.92 Å². The Labute approximate surface area is 121 Å². The molecule has 79 valence electrons. The maximum absolute atomic E-state index is 2.32. The molecule has 2 rings (SSSR count). The van der Waals surface area contributed by atoms with Crippen LogP contribution in [0.3, 0.4) is 0 Å². The van der Waals surface area contributed by atoms with Crippen molar-refractivity contribution in [3.8, 4) is 11.1 Å². The Kier molecular flexibility index (Phi) is 5.04. The summed E-state index contributed by atoms with van der Waals surface area (Å²) in [6.07, 6.45) is 1.12. The van der Waals surface area contributed by atoms with Crippen molar-refractivity contribution in [3.05, 3.63) is 47.5 Å². The number of rotatable bonds is 2. The molecular formula is C15H18Na. The first-order valence-electron chi connectivity index (χ1n) is 5.74. The minimum Gasteiger partial charge on any atom is -0.0614 e. The molecule has 0 amide bonds. The van der Waals surface area contributed by atoms with Crippen molar-refractivity contribution in [3.63, 3.8) is 0 Å². The number of fused-ring (bicyclic) bond motifs is 1. The summed E-state index contributed by atoms with van der Waals surface area (Å²) in [4.78, 5) is 0. The van der Waals surface area contributed by atoms with Crippen LogP contribution in [0.5, 0.6) is 0 Å². The van der Waals surface area contributed by atoms with Crippen LogP contribution < -0.4 is 0 Å². The first kappa shape index (κ1) is 13.8. The molecule has 0 atom stereocenters. The van der Waals surface area contributed by atoms with Gasteiger partial charge >= 0.3 is 0 Å². The first-order chi connectivity index (χ1) is 7.22. The molecule has 0 fully saturated rings. The van der Waals surface area contributed by atoms with Crippen LogP contribution in [0, 0.1) is 0 Å². The van der Waals surface area contributed by atoms with E-state index in [9.17, 15) is 0 Å². The van der Waals surface area contributed by atoms with E-state index >= 15 is 0 Å². The van der Waals surface area contributed by atoms with E-state index in [0.717, 1.165) is 6.42 Å². The summed E-state index contributed by atoms with van der Waals surface area (Å²) in [5.74, 6) is 0.598. The van der Waals surface area contributed by atoms with Gasteiger partial charge in [0, 0.05) is 29.6 Å². The van der Waals surface area contributed by atoms with E-state index < -0.39 is 0 Å². The summed E-state index contributed by atoms with van der Waals surface area (Å²) in [6.45, 7) is 6.70. The molecular weight excluding hydrogens is 203 g/mol.